The van der Waals surface area contributed by atoms with E-state index in [-0.39, 0.29) is 12.2 Å². The Morgan fingerprint density at radius 2 is 1.57 bits per heavy atom. The van der Waals surface area contributed by atoms with Gasteiger partial charge in [0.1, 0.15) is 11.6 Å². The maximum atomic E-state index is 12.8. The van der Waals surface area contributed by atoms with Gasteiger partial charge in [0.15, 0.2) is 0 Å². The Kier molecular flexibility index (Phi) is 3.21. The van der Waals surface area contributed by atoms with Crippen LogP contribution in [-0.4, -0.2) is 5.60 Å². The van der Waals surface area contributed by atoms with E-state index in [9.17, 15) is 8.78 Å². The molecule has 78 valence electrons. The lowest BCUT2D eigenvalue weighted by Crippen LogP contribution is -2.18. The van der Waals surface area contributed by atoms with Crippen molar-refractivity contribution in [3.8, 4) is 0 Å². The Bertz CT molecular complexity index is 295. The van der Waals surface area contributed by atoms with Crippen LogP contribution in [0.1, 0.15) is 26.3 Å². The molecule has 1 nitrogen and oxygen atoms in total. The van der Waals surface area contributed by atoms with Crippen molar-refractivity contribution >= 4 is 0 Å². The standard InChI is InChI=1S/C11H14F2O/c1-11(2,3)14-7-8-4-9(12)6-10(13)5-8/h4-6H,7H2,1-3H3. The molecule has 0 amide bonds. The Hall–Kier alpha value is -0.960. The zero-order valence-corrected chi connectivity index (χ0v) is 8.60. The van der Waals surface area contributed by atoms with Crippen LogP contribution in [-0.2, 0) is 11.3 Å². The highest BCUT2D eigenvalue weighted by Crippen LogP contribution is 2.14. The van der Waals surface area contributed by atoms with Gasteiger partial charge in [-0.1, -0.05) is 0 Å². The van der Waals surface area contributed by atoms with Gasteiger partial charge in [-0.25, -0.2) is 8.78 Å². The lowest BCUT2D eigenvalue weighted by atomic mass is 10.2. The third-order valence-corrected chi connectivity index (χ3v) is 1.59. The second-order valence-corrected chi connectivity index (χ2v) is 4.18. The molecule has 0 saturated heterocycles. The van der Waals surface area contributed by atoms with Crippen LogP contribution in [0.25, 0.3) is 0 Å². The number of hydrogen-bond acceptors (Lipinski definition) is 1. The Balaban J connectivity index is 2.68. The van der Waals surface area contributed by atoms with E-state index in [2.05, 4.69) is 0 Å². The molecule has 1 aromatic rings. The van der Waals surface area contributed by atoms with Gasteiger partial charge in [0.2, 0.25) is 0 Å². The molecular formula is C11H14F2O. The second kappa shape index (κ2) is 4.05. The number of benzene rings is 1. The van der Waals surface area contributed by atoms with Crippen LogP contribution in [0.3, 0.4) is 0 Å². The monoisotopic (exact) mass is 200 g/mol. The Labute approximate surface area is 82.7 Å². The van der Waals surface area contributed by atoms with Crippen LogP contribution < -0.4 is 0 Å². The van der Waals surface area contributed by atoms with E-state index < -0.39 is 11.6 Å². The molecule has 0 aliphatic heterocycles. The molecule has 0 radical (unpaired) electrons. The predicted octanol–water partition coefficient (Wildman–Crippen LogP) is 3.28. The quantitative estimate of drug-likeness (QED) is 0.711. The molecule has 0 atom stereocenters. The van der Waals surface area contributed by atoms with Crippen molar-refractivity contribution < 1.29 is 13.5 Å². The lowest BCUT2D eigenvalue weighted by Gasteiger charge is -2.19. The van der Waals surface area contributed by atoms with Crippen LogP contribution >= 0.6 is 0 Å². The summed E-state index contributed by atoms with van der Waals surface area (Å²) in [5.41, 5.74) is 0.209. The molecule has 1 aromatic carbocycles. The molecule has 0 aromatic heterocycles. The predicted molar refractivity (Wildman–Crippen MR) is 50.9 cm³/mol. The molecule has 14 heavy (non-hydrogen) atoms. The van der Waals surface area contributed by atoms with Gasteiger partial charge in [-0.3, -0.25) is 0 Å². The highest BCUT2D eigenvalue weighted by Gasteiger charge is 2.10. The summed E-state index contributed by atoms with van der Waals surface area (Å²) in [5.74, 6) is -1.14. The molecule has 0 aliphatic carbocycles. The van der Waals surface area contributed by atoms with Crippen molar-refractivity contribution in [1.82, 2.24) is 0 Å². The van der Waals surface area contributed by atoms with E-state index in [0.717, 1.165) is 6.07 Å². The van der Waals surface area contributed by atoms with Crippen LogP contribution in [0.15, 0.2) is 18.2 Å². The molecule has 3 heteroatoms. The summed E-state index contributed by atoms with van der Waals surface area (Å²) in [7, 11) is 0. The minimum absolute atomic E-state index is 0.220. The molecular weight excluding hydrogens is 186 g/mol. The Morgan fingerprint density at radius 3 is 2.00 bits per heavy atom. The number of ether oxygens (including phenoxy) is 1. The van der Waals surface area contributed by atoms with Crippen LogP contribution in [0, 0.1) is 11.6 Å². The van der Waals surface area contributed by atoms with E-state index in [0.29, 0.717) is 5.56 Å². The number of hydrogen-bond donors (Lipinski definition) is 0. The summed E-state index contributed by atoms with van der Waals surface area (Å²) in [4.78, 5) is 0. The van der Waals surface area contributed by atoms with Crippen molar-refractivity contribution in [1.29, 1.82) is 0 Å². The maximum absolute atomic E-state index is 12.8. The number of rotatable bonds is 2. The highest BCUT2D eigenvalue weighted by molar-refractivity contribution is 5.17. The smallest absolute Gasteiger partial charge is 0.126 e. The summed E-state index contributed by atoms with van der Waals surface area (Å²) >= 11 is 0. The van der Waals surface area contributed by atoms with E-state index in [1.165, 1.54) is 12.1 Å². The van der Waals surface area contributed by atoms with Crippen molar-refractivity contribution in [3.05, 3.63) is 35.4 Å². The first kappa shape index (κ1) is 11.1. The third kappa shape index (κ3) is 3.83. The summed E-state index contributed by atoms with van der Waals surface area (Å²) < 4.78 is 30.9. The topological polar surface area (TPSA) is 9.23 Å². The van der Waals surface area contributed by atoms with Crippen molar-refractivity contribution in [2.75, 3.05) is 0 Å². The van der Waals surface area contributed by atoms with Gasteiger partial charge in [0, 0.05) is 6.07 Å². The SMILES string of the molecule is CC(C)(C)OCc1cc(F)cc(F)c1. The van der Waals surface area contributed by atoms with E-state index in [1.807, 2.05) is 20.8 Å². The summed E-state index contributed by atoms with van der Waals surface area (Å²) in [5, 5.41) is 0. The van der Waals surface area contributed by atoms with Crippen LogP contribution in [0.2, 0.25) is 0 Å². The molecule has 0 bridgehead atoms. The van der Waals surface area contributed by atoms with Crippen molar-refractivity contribution in [2.24, 2.45) is 0 Å². The second-order valence-electron chi connectivity index (χ2n) is 4.18. The first-order chi connectivity index (χ1) is 6.37. The Morgan fingerprint density at radius 1 is 1.07 bits per heavy atom. The fourth-order valence-electron chi connectivity index (χ4n) is 0.994. The van der Waals surface area contributed by atoms with Gasteiger partial charge < -0.3 is 4.74 Å². The summed E-state index contributed by atoms with van der Waals surface area (Å²) in [6, 6.07) is 3.39. The van der Waals surface area contributed by atoms with E-state index >= 15 is 0 Å². The average Bonchev–Trinajstić information content (AvgIpc) is 1.97. The molecule has 0 saturated carbocycles. The summed E-state index contributed by atoms with van der Waals surface area (Å²) in [6.45, 7) is 5.89. The summed E-state index contributed by atoms with van der Waals surface area (Å²) in [6.07, 6.45) is 0. The fraction of sp³-hybridized carbons (Fsp3) is 0.455. The van der Waals surface area contributed by atoms with Crippen molar-refractivity contribution in [3.63, 3.8) is 0 Å². The van der Waals surface area contributed by atoms with Gasteiger partial charge in [-0.15, -0.1) is 0 Å². The van der Waals surface area contributed by atoms with Gasteiger partial charge in [0.05, 0.1) is 12.2 Å². The largest absolute Gasteiger partial charge is 0.371 e. The van der Waals surface area contributed by atoms with E-state index in [4.69, 9.17) is 4.74 Å². The fourth-order valence-corrected chi connectivity index (χ4v) is 0.994. The van der Waals surface area contributed by atoms with Gasteiger partial charge in [-0.2, -0.15) is 0 Å². The van der Waals surface area contributed by atoms with Crippen LogP contribution in [0.4, 0.5) is 8.78 Å². The van der Waals surface area contributed by atoms with E-state index in [1.54, 1.807) is 0 Å². The molecule has 0 N–H and O–H groups in total. The van der Waals surface area contributed by atoms with Gasteiger partial charge in [0.25, 0.3) is 0 Å². The zero-order chi connectivity index (χ0) is 10.8. The highest BCUT2D eigenvalue weighted by atomic mass is 19.1. The maximum Gasteiger partial charge on any atom is 0.126 e. The first-order valence-corrected chi connectivity index (χ1v) is 4.46. The average molecular weight is 200 g/mol. The van der Waals surface area contributed by atoms with Crippen LogP contribution in [0.5, 0.6) is 0 Å². The molecule has 0 aliphatic rings. The minimum Gasteiger partial charge on any atom is -0.371 e. The molecule has 0 heterocycles. The minimum atomic E-state index is -0.572. The lowest BCUT2D eigenvalue weighted by molar-refractivity contribution is -0.0151. The molecule has 0 spiro atoms. The van der Waals surface area contributed by atoms with Crippen molar-refractivity contribution in [2.45, 2.75) is 33.0 Å². The third-order valence-electron chi connectivity index (χ3n) is 1.59. The van der Waals surface area contributed by atoms with Gasteiger partial charge >= 0.3 is 0 Å². The number of halogens is 2. The van der Waals surface area contributed by atoms with Gasteiger partial charge in [-0.05, 0) is 38.5 Å². The first-order valence-electron chi connectivity index (χ1n) is 4.46. The molecule has 0 fully saturated rings. The normalized spacial score (nSPS) is 11.8. The molecule has 0 unspecified atom stereocenters. The molecule has 1 rings (SSSR count). The zero-order valence-electron chi connectivity index (χ0n) is 8.60.